The van der Waals surface area contributed by atoms with E-state index in [0.29, 0.717) is 0 Å². The number of fused-ring (bicyclic) bond motifs is 1. The first-order valence-corrected chi connectivity index (χ1v) is 10.7. The van der Waals surface area contributed by atoms with Crippen molar-refractivity contribution < 1.29 is 4.52 Å². The lowest BCUT2D eigenvalue weighted by Crippen LogP contribution is -2.52. The molecule has 0 unspecified atom stereocenters. The summed E-state index contributed by atoms with van der Waals surface area (Å²) in [7, 11) is 1.88. The molecule has 2 aromatic rings. The van der Waals surface area contributed by atoms with Crippen LogP contribution >= 0.6 is 24.0 Å². The molecule has 0 bridgehead atoms. The second-order valence-electron chi connectivity index (χ2n) is 7.88. The zero-order chi connectivity index (χ0) is 19.9. The number of rotatable bonds is 6. The molecule has 164 valence electrons. The van der Waals surface area contributed by atoms with Gasteiger partial charge in [-0.05, 0) is 24.0 Å². The minimum atomic E-state index is 0. The van der Waals surface area contributed by atoms with Crippen LogP contribution < -0.4 is 5.32 Å². The van der Waals surface area contributed by atoms with Gasteiger partial charge in [-0.3, -0.25) is 14.8 Å². The summed E-state index contributed by atoms with van der Waals surface area (Å²) in [6.45, 7) is 9.20. The van der Waals surface area contributed by atoms with Gasteiger partial charge in [0, 0.05) is 72.0 Å². The molecule has 1 aromatic heterocycles. The number of benzene rings is 1. The highest BCUT2D eigenvalue weighted by Crippen LogP contribution is 2.18. The van der Waals surface area contributed by atoms with Crippen molar-refractivity contribution in [2.75, 3.05) is 52.9 Å². The molecule has 0 atom stereocenters. The van der Waals surface area contributed by atoms with E-state index in [-0.39, 0.29) is 24.0 Å². The third-order valence-electron chi connectivity index (χ3n) is 5.90. The monoisotopic (exact) mass is 524 g/mol. The number of nitrogens with zero attached hydrogens (tertiary/aromatic N) is 5. The summed E-state index contributed by atoms with van der Waals surface area (Å²) in [4.78, 5) is 11.8. The first-order chi connectivity index (χ1) is 14.3. The first-order valence-electron chi connectivity index (χ1n) is 10.7. The second-order valence-corrected chi connectivity index (χ2v) is 7.88. The van der Waals surface area contributed by atoms with E-state index in [9.17, 15) is 0 Å². The van der Waals surface area contributed by atoms with Crippen LogP contribution in [0, 0.1) is 0 Å². The maximum Gasteiger partial charge on any atom is 0.193 e. The lowest BCUT2D eigenvalue weighted by molar-refractivity contribution is 0.169. The van der Waals surface area contributed by atoms with E-state index in [1.807, 2.05) is 13.1 Å². The molecule has 8 heteroatoms. The Kier molecular flexibility index (Phi) is 8.95. The molecule has 0 aliphatic carbocycles. The van der Waals surface area contributed by atoms with E-state index < -0.39 is 0 Å². The Bertz CT molecular complexity index is 789. The Morgan fingerprint density at radius 1 is 1.07 bits per heavy atom. The van der Waals surface area contributed by atoms with Crippen molar-refractivity contribution in [2.45, 2.75) is 25.9 Å². The summed E-state index contributed by atoms with van der Waals surface area (Å²) in [5.74, 6) is 1.02. The summed E-state index contributed by atoms with van der Waals surface area (Å²) in [5, 5.41) is 7.57. The van der Waals surface area contributed by atoms with Gasteiger partial charge in [0.1, 0.15) is 6.26 Å². The molecule has 0 amide bonds. The number of hydrogen-bond acceptors (Lipinski definition) is 5. The van der Waals surface area contributed by atoms with Crippen LogP contribution in [0.3, 0.4) is 0 Å². The van der Waals surface area contributed by atoms with Crippen LogP contribution in [0.25, 0.3) is 0 Å². The van der Waals surface area contributed by atoms with Gasteiger partial charge < -0.3 is 14.7 Å². The SMILES string of the molecule is CN=C(NCCCN1CCc2ccccc2C1)N1CCN(Cc2ccon2)CC1.I. The normalized spacial score (nSPS) is 18.0. The van der Waals surface area contributed by atoms with Crippen LogP contribution in [0.15, 0.2) is 46.1 Å². The molecule has 1 fully saturated rings. The molecule has 2 aliphatic rings. The summed E-state index contributed by atoms with van der Waals surface area (Å²) in [6.07, 6.45) is 3.94. The van der Waals surface area contributed by atoms with Gasteiger partial charge in [-0.25, -0.2) is 0 Å². The predicted molar refractivity (Wildman–Crippen MR) is 130 cm³/mol. The number of hydrogen-bond donors (Lipinski definition) is 1. The lowest BCUT2D eigenvalue weighted by Gasteiger charge is -2.36. The highest BCUT2D eigenvalue weighted by atomic mass is 127. The van der Waals surface area contributed by atoms with Gasteiger partial charge >= 0.3 is 0 Å². The van der Waals surface area contributed by atoms with Crippen molar-refractivity contribution in [2.24, 2.45) is 4.99 Å². The van der Waals surface area contributed by atoms with Crippen molar-refractivity contribution in [3.63, 3.8) is 0 Å². The van der Waals surface area contributed by atoms with Crippen molar-refractivity contribution >= 4 is 29.9 Å². The highest BCUT2D eigenvalue weighted by Gasteiger charge is 2.20. The minimum Gasteiger partial charge on any atom is -0.364 e. The lowest BCUT2D eigenvalue weighted by atomic mass is 10.00. The quantitative estimate of drug-likeness (QED) is 0.271. The van der Waals surface area contributed by atoms with Crippen LogP contribution in [0.5, 0.6) is 0 Å². The molecule has 0 saturated carbocycles. The molecule has 1 aromatic carbocycles. The van der Waals surface area contributed by atoms with Gasteiger partial charge in [-0.2, -0.15) is 0 Å². The zero-order valence-electron chi connectivity index (χ0n) is 17.8. The average molecular weight is 524 g/mol. The second kappa shape index (κ2) is 11.7. The van der Waals surface area contributed by atoms with Gasteiger partial charge in [0.05, 0.1) is 5.69 Å². The molecule has 1 saturated heterocycles. The molecule has 7 nitrogen and oxygen atoms in total. The maximum atomic E-state index is 4.93. The molecule has 4 rings (SSSR count). The predicted octanol–water partition coefficient (Wildman–Crippen LogP) is 2.43. The Balaban J connectivity index is 0.00000256. The van der Waals surface area contributed by atoms with Crippen LogP contribution in [0.2, 0.25) is 0 Å². The van der Waals surface area contributed by atoms with Crippen LogP contribution in [0.1, 0.15) is 23.2 Å². The van der Waals surface area contributed by atoms with Crippen LogP contribution in [0.4, 0.5) is 0 Å². The summed E-state index contributed by atoms with van der Waals surface area (Å²) in [5.41, 5.74) is 4.01. The first kappa shape index (κ1) is 23.0. The third-order valence-corrected chi connectivity index (χ3v) is 5.90. The van der Waals surface area contributed by atoms with Crippen molar-refractivity contribution in [3.8, 4) is 0 Å². The van der Waals surface area contributed by atoms with E-state index in [4.69, 9.17) is 4.52 Å². The largest absolute Gasteiger partial charge is 0.364 e. The van der Waals surface area contributed by atoms with Crippen molar-refractivity contribution in [1.82, 2.24) is 25.2 Å². The van der Waals surface area contributed by atoms with Gasteiger partial charge in [0.2, 0.25) is 0 Å². The van der Waals surface area contributed by atoms with Crippen LogP contribution in [-0.2, 0) is 19.5 Å². The topological polar surface area (TPSA) is 60.1 Å². The fourth-order valence-electron chi connectivity index (χ4n) is 4.25. The number of aromatic nitrogens is 1. The molecular formula is C22H33IN6O. The summed E-state index contributed by atoms with van der Waals surface area (Å²) >= 11 is 0. The average Bonchev–Trinajstić information content (AvgIpc) is 3.27. The van der Waals surface area contributed by atoms with Crippen molar-refractivity contribution in [3.05, 3.63) is 53.4 Å². The molecule has 3 heterocycles. The van der Waals surface area contributed by atoms with Gasteiger partial charge in [-0.1, -0.05) is 29.4 Å². The number of guanidine groups is 1. The van der Waals surface area contributed by atoms with Crippen molar-refractivity contribution in [1.29, 1.82) is 0 Å². The summed E-state index contributed by atoms with van der Waals surface area (Å²) < 4.78 is 4.93. The van der Waals surface area contributed by atoms with E-state index in [2.05, 4.69) is 54.4 Å². The Morgan fingerprint density at radius 3 is 2.60 bits per heavy atom. The van der Waals surface area contributed by atoms with E-state index in [1.54, 1.807) is 6.26 Å². The highest BCUT2D eigenvalue weighted by molar-refractivity contribution is 14.0. The standard InChI is InChI=1S/C22H32N6O.HI/c1-23-22(28-14-12-27(13-15-28)18-21-8-16-29-25-21)24-9-4-10-26-11-7-19-5-2-3-6-20(19)17-26;/h2-3,5-6,8,16H,4,7,9-15,17-18H2,1H3,(H,23,24);1H. The molecule has 2 aliphatic heterocycles. The molecule has 0 radical (unpaired) electrons. The maximum absolute atomic E-state index is 4.93. The number of aliphatic imine (C=N–C) groups is 1. The Labute approximate surface area is 196 Å². The number of piperazine rings is 1. The number of nitrogens with one attached hydrogen (secondary N) is 1. The van der Waals surface area contributed by atoms with E-state index in [1.165, 1.54) is 24.1 Å². The smallest absolute Gasteiger partial charge is 0.193 e. The van der Waals surface area contributed by atoms with Gasteiger partial charge in [0.25, 0.3) is 0 Å². The minimum absolute atomic E-state index is 0. The zero-order valence-corrected chi connectivity index (χ0v) is 20.1. The number of halogens is 1. The van der Waals surface area contributed by atoms with E-state index >= 15 is 0 Å². The molecule has 1 N–H and O–H groups in total. The Hall–Kier alpha value is -1.65. The van der Waals surface area contributed by atoms with Gasteiger partial charge in [-0.15, -0.1) is 24.0 Å². The Morgan fingerprint density at radius 2 is 1.87 bits per heavy atom. The third kappa shape index (κ3) is 6.18. The summed E-state index contributed by atoms with van der Waals surface area (Å²) in [6, 6.07) is 10.8. The molecular weight excluding hydrogens is 491 g/mol. The van der Waals surface area contributed by atoms with Crippen LogP contribution in [-0.4, -0.2) is 78.7 Å². The fraction of sp³-hybridized carbons (Fsp3) is 0.545. The molecule has 0 spiro atoms. The van der Waals surface area contributed by atoms with Gasteiger partial charge in [0.15, 0.2) is 5.96 Å². The van der Waals surface area contributed by atoms with E-state index in [0.717, 1.165) is 70.4 Å². The fourth-order valence-corrected chi connectivity index (χ4v) is 4.25. The molecule has 30 heavy (non-hydrogen) atoms.